The Kier molecular flexibility index (Phi) is 4.18. The maximum Gasteiger partial charge on any atom is 0.178 e. The quantitative estimate of drug-likeness (QED) is 0.735. The maximum absolute atomic E-state index is 6.04. The van der Waals surface area contributed by atoms with Crippen LogP contribution in [0, 0.1) is 16.6 Å². The van der Waals surface area contributed by atoms with E-state index in [9.17, 15) is 0 Å². The van der Waals surface area contributed by atoms with Crippen LogP contribution in [0.1, 0.15) is 39.0 Å². The molecule has 0 radical (unpaired) electrons. The molecule has 1 aromatic heterocycles. The lowest BCUT2D eigenvalue weighted by atomic mass is 9.81. The van der Waals surface area contributed by atoms with E-state index in [4.69, 9.17) is 23.8 Å². The molecule has 0 saturated heterocycles. The van der Waals surface area contributed by atoms with Gasteiger partial charge >= 0.3 is 0 Å². The van der Waals surface area contributed by atoms with Gasteiger partial charge in [0.25, 0.3) is 0 Å². The van der Waals surface area contributed by atoms with Crippen LogP contribution >= 0.6 is 23.8 Å². The Morgan fingerprint density at radius 2 is 1.95 bits per heavy atom. The topological polar surface area (TPSA) is 20.7 Å². The van der Waals surface area contributed by atoms with Crippen LogP contribution in [0.5, 0.6) is 0 Å². The van der Waals surface area contributed by atoms with Gasteiger partial charge in [-0.15, -0.1) is 0 Å². The molecule has 1 heterocycles. The van der Waals surface area contributed by atoms with E-state index < -0.39 is 0 Å². The van der Waals surface area contributed by atoms with E-state index >= 15 is 0 Å². The molecular formula is C16H21ClN2S. The standard InChI is InChI=1S/C16H21ClN2S/c1-2-11-3-5-12(6-4-11)10-19-15-8-7-13(17)9-14(15)18-16(19)20/h7-9,11-12H,2-6,10H2,1H3,(H,18,20). The number of H-pyrrole nitrogens is 1. The van der Waals surface area contributed by atoms with Crippen molar-refractivity contribution in [3.05, 3.63) is 28.0 Å². The van der Waals surface area contributed by atoms with Crippen molar-refractivity contribution in [2.24, 2.45) is 11.8 Å². The first-order valence-corrected chi connectivity index (χ1v) is 8.34. The summed E-state index contributed by atoms with van der Waals surface area (Å²) >= 11 is 11.5. The third-order valence-corrected chi connectivity index (χ3v) is 5.28. The molecule has 4 heteroatoms. The van der Waals surface area contributed by atoms with Crippen LogP contribution in [-0.2, 0) is 6.54 Å². The number of benzene rings is 1. The second kappa shape index (κ2) is 5.90. The van der Waals surface area contributed by atoms with E-state index in [1.165, 1.54) is 37.6 Å². The number of nitrogens with one attached hydrogen (secondary N) is 1. The first-order chi connectivity index (χ1) is 9.67. The van der Waals surface area contributed by atoms with Crippen LogP contribution in [0.25, 0.3) is 11.0 Å². The molecule has 0 bridgehead atoms. The van der Waals surface area contributed by atoms with Crippen molar-refractivity contribution in [3.8, 4) is 0 Å². The Morgan fingerprint density at radius 1 is 1.25 bits per heavy atom. The summed E-state index contributed by atoms with van der Waals surface area (Å²) in [4.78, 5) is 3.27. The lowest BCUT2D eigenvalue weighted by Crippen LogP contribution is -2.18. The number of imidazole rings is 1. The van der Waals surface area contributed by atoms with Gasteiger partial charge in [-0.3, -0.25) is 0 Å². The minimum absolute atomic E-state index is 0.754. The zero-order valence-corrected chi connectivity index (χ0v) is 13.4. The molecule has 1 saturated carbocycles. The molecule has 1 aromatic carbocycles. The van der Waals surface area contributed by atoms with Crippen LogP contribution in [0.2, 0.25) is 5.02 Å². The Balaban J connectivity index is 1.81. The summed E-state index contributed by atoms with van der Waals surface area (Å²) in [5, 5.41) is 0.754. The Labute approximate surface area is 130 Å². The highest BCUT2D eigenvalue weighted by molar-refractivity contribution is 7.71. The lowest BCUT2D eigenvalue weighted by Gasteiger charge is -2.28. The molecule has 0 atom stereocenters. The molecule has 108 valence electrons. The molecule has 1 fully saturated rings. The number of hydrogen-bond donors (Lipinski definition) is 1. The van der Waals surface area contributed by atoms with E-state index in [0.29, 0.717) is 0 Å². The average molecular weight is 309 g/mol. The highest BCUT2D eigenvalue weighted by atomic mass is 35.5. The van der Waals surface area contributed by atoms with Crippen LogP contribution in [0.3, 0.4) is 0 Å². The van der Waals surface area contributed by atoms with Crippen LogP contribution < -0.4 is 0 Å². The summed E-state index contributed by atoms with van der Waals surface area (Å²) in [6, 6.07) is 5.97. The SMILES string of the molecule is CCC1CCC(Cn2c(=S)[nH]c3cc(Cl)ccc32)CC1. The fraction of sp³-hybridized carbons (Fsp3) is 0.562. The van der Waals surface area contributed by atoms with Gasteiger partial charge in [-0.05, 0) is 55.1 Å². The van der Waals surface area contributed by atoms with Crippen LogP contribution in [-0.4, -0.2) is 9.55 Å². The Bertz CT molecular complexity index is 650. The molecule has 1 aliphatic rings. The zero-order chi connectivity index (χ0) is 14.1. The summed E-state index contributed by atoms with van der Waals surface area (Å²) < 4.78 is 3.07. The molecule has 0 unspecified atom stereocenters. The van der Waals surface area contributed by atoms with Gasteiger partial charge < -0.3 is 9.55 Å². The minimum Gasteiger partial charge on any atom is -0.331 e. The monoisotopic (exact) mass is 308 g/mol. The first-order valence-electron chi connectivity index (χ1n) is 7.55. The largest absolute Gasteiger partial charge is 0.331 e. The molecule has 2 nitrogen and oxygen atoms in total. The molecule has 1 N–H and O–H groups in total. The molecular weight excluding hydrogens is 288 g/mol. The number of nitrogens with zero attached hydrogens (tertiary/aromatic N) is 1. The predicted molar refractivity (Wildman–Crippen MR) is 87.9 cm³/mol. The number of aromatic nitrogens is 2. The van der Waals surface area contributed by atoms with Gasteiger partial charge in [-0.25, -0.2) is 0 Å². The average Bonchev–Trinajstić information content (AvgIpc) is 2.75. The molecule has 0 amide bonds. The van der Waals surface area contributed by atoms with E-state index in [2.05, 4.69) is 22.5 Å². The summed E-state index contributed by atoms with van der Waals surface area (Å²) in [6.45, 7) is 3.35. The molecule has 2 aromatic rings. The molecule has 20 heavy (non-hydrogen) atoms. The summed E-state index contributed by atoms with van der Waals surface area (Å²) in [5.41, 5.74) is 2.22. The first kappa shape index (κ1) is 14.2. The Hall–Kier alpha value is -0.800. The van der Waals surface area contributed by atoms with Crippen molar-refractivity contribution in [2.45, 2.75) is 45.6 Å². The normalized spacial score (nSPS) is 23.3. The van der Waals surface area contributed by atoms with Gasteiger partial charge in [0, 0.05) is 11.6 Å². The number of aromatic amines is 1. The van der Waals surface area contributed by atoms with Gasteiger partial charge in [0.1, 0.15) is 0 Å². The van der Waals surface area contributed by atoms with E-state index in [1.807, 2.05) is 12.1 Å². The number of halogens is 1. The minimum atomic E-state index is 0.754. The number of hydrogen-bond acceptors (Lipinski definition) is 1. The summed E-state index contributed by atoms with van der Waals surface area (Å²) in [5.74, 6) is 1.71. The molecule has 3 rings (SSSR count). The van der Waals surface area contributed by atoms with Crippen molar-refractivity contribution in [2.75, 3.05) is 0 Å². The van der Waals surface area contributed by atoms with Crippen molar-refractivity contribution < 1.29 is 0 Å². The second-order valence-corrected chi connectivity index (χ2v) is 6.82. The van der Waals surface area contributed by atoms with E-state index in [1.54, 1.807) is 0 Å². The fourth-order valence-electron chi connectivity index (χ4n) is 3.40. The zero-order valence-electron chi connectivity index (χ0n) is 11.9. The van der Waals surface area contributed by atoms with Crippen molar-refractivity contribution >= 4 is 34.9 Å². The summed E-state index contributed by atoms with van der Waals surface area (Å²) in [7, 11) is 0. The van der Waals surface area contributed by atoms with Crippen molar-refractivity contribution in [1.29, 1.82) is 0 Å². The van der Waals surface area contributed by atoms with Crippen molar-refractivity contribution in [1.82, 2.24) is 9.55 Å². The Morgan fingerprint density at radius 3 is 2.65 bits per heavy atom. The third kappa shape index (κ3) is 2.79. The van der Waals surface area contributed by atoms with E-state index in [-0.39, 0.29) is 0 Å². The molecule has 1 aliphatic carbocycles. The second-order valence-electron chi connectivity index (χ2n) is 6.00. The predicted octanol–water partition coefficient (Wildman–Crippen LogP) is 5.57. The van der Waals surface area contributed by atoms with Crippen molar-refractivity contribution in [3.63, 3.8) is 0 Å². The molecule has 0 spiro atoms. The van der Waals surface area contributed by atoms with Gasteiger partial charge in [-0.2, -0.15) is 0 Å². The van der Waals surface area contributed by atoms with Gasteiger partial charge in [0.2, 0.25) is 0 Å². The lowest BCUT2D eigenvalue weighted by molar-refractivity contribution is 0.248. The van der Waals surface area contributed by atoms with Gasteiger partial charge in [0.15, 0.2) is 4.77 Å². The molecule has 0 aliphatic heterocycles. The van der Waals surface area contributed by atoms with Gasteiger partial charge in [-0.1, -0.05) is 37.8 Å². The van der Waals surface area contributed by atoms with Crippen LogP contribution in [0.15, 0.2) is 18.2 Å². The smallest absolute Gasteiger partial charge is 0.178 e. The highest BCUT2D eigenvalue weighted by Crippen LogP contribution is 2.32. The fourth-order valence-corrected chi connectivity index (χ4v) is 3.85. The summed E-state index contributed by atoms with van der Waals surface area (Å²) in [6.07, 6.45) is 6.75. The third-order valence-electron chi connectivity index (χ3n) is 4.72. The van der Waals surface area contributed by atoms with E-state index in [0.717, 1.165) is 33.7 Å². The number of fused-ring (bicyclic) bond motifs is 1. The number of rotatable bonds is 3. The maximum atomic E-state index is 6.04. The van der Waals surface area contributed by atoms with Gasteiger partial charge in [0.05, 0.1) is 11.0 Å². The van der Waals surface area contributed by atoms with Crippen LogP contribution in [0.4, 0.5) is 0 Å². The highest BCUT2D eigenvalue weighted by Gasteiger charge is 2.21.